The van der Waals surface area contributed by atoms with Crippen LogP contribution < -0.4 is 4.90 Å². The van der Waals surface area contributed by atoms with Crippen molar-refractivity contribution in [1.29, 1.82) is 0 Å². The van der Waals surface area contributed by atoms with Crippen LogP contribution in [0.25, 0.3) is 0 Å². The Hall–Kier alpha value is -0.740. The third-order valence-electron chi connectivity index (χ3n) is 2.52. The van der Waals surface area contributed by atoms with Gasteiger partial charge in [0.1, 0.15) is 0 Å². The van der Waals surface area contributed by atoms with E-state index in [2.05, 4.69) is 32.6 Å². The lowest BCUT2D eigenvalue weighted by Crippen LogP contribution is -2.43. The highest BCUT2D eigenvalue weighted by Gasteiger charge is 2.15. The second-order valence-electron chi connectivity index (χ2n) is 3.30. The summed E-state index contributed by atoms with van der Waals surface area (Å²) in [6, 6.07) is 4.16. The summed E-state index contributed by atoms with van der Waals surface area (Å²) in [5.74, 6) is 0. The van der Waals surface area contributed by atoms with E-state index >= 15 is 0 Å². The zero-order chi connectivity index (χ0) is 9.80. The summed E-state index contributed by atoms with van der Waals surface area (Å²) in [7, 11) is 0. The summed E-state index contributed by atoms with van der Waals surface area (Å²) in [4.78, 5) is 6.44. The molecule has 0 atom stereocenters. The van der Waals surface area contributed by atoms with Crippen LogP contribution in [-0.2, 0) is 0 Å². The van der Waals surface area contributed by atoms with Gasteiger partial charge < -0.3 is 4.90 Å². The SMILES string of the molecule is CSN1CCN(c2ccncc2)CC1. The minimum absolute atomic E-state index is 1.12. The van der Waals surface area contributed by atoms with Gasteiger partial charge in [0.2, 0.25) is 0 Å². The number of nitrogens with zero attached hydrogens (tertiary/aromatic N) is 3. The fourth-order valence-corrected chi connectivity index (χ4v) is 2.21. The second kappa shape index (κ2) is 4.66. The standard InChI is InChI=1S/C10H15N3S/c1-14-13-8-6-12(7-9-13)10-2-4-11-5-3-10/h2-5H,6-9H2,1H3. The molecular formula is C10H15N3S. The molecule has 0 bridgehead atoms. The maximum Gasteiger partial charge on any atom is 0.0397 e. The summed E-state index contributed by atoms with van der Waals surface area (Å²) < 4.78 is 2.40. The van der Waals surface area contributed by atoms with Crippen LogP contribution in [-0.4, -0.2) is 41.7 Å². The summed E-state index contributed by atoms with van der Waals surface area (Å²) in [6.07, 6.45) is 5.86. The number of rotatable bonds is 2. The van der Waals surface area contributed by atoms with Crippen molar-refractivity contribution in [2.75, 3.05) is 37.3 Å². The Morgan fingerprint density at radius 1 is 1.14 bits per heavy atom. The molecule has 2 heterocycles. The maximum absolute atomic E-state index is 4.03. The predicted molar refractivity (Wildman–Crippen MR) is 61.5 cm³/mol. The molecule has 3 nitrogen and oxygen atoms in total. The Kier molecular flexibility index (Phi) is 3.26. The molecule has 1 aliphatic heterocycles. The minimum atomic E-state index is 1.12. The summed E-state index contributed by atoms with van der Waals surface area (Å²) in [6.45, 7) is 4.52. The van der Waals surface area contributed by atoms with Crippen LogP contribution in [0, 0.1) is 0 Å². The van der Waals surface area contributed by atoms with Crippen molar-refractivity contribution in [2.24, 2.45) is 0 Å². The van der Waals surface area contributed by atoms with Gasteiger partial charge in [-0.25, -0.2) is 4.31 Å². The van der Waals surface area contributed by atoms with Crippen LogP contribution in [0.5, 0.6) is 0 Å². The van der Waals surface area contributed by atoms with Crippen molar-refractivity contribution in [3.8, 4) is 0 Å². The number of hydrogen-bond acceptors (Lipinski definition) is 4. The van der Waals surface area contributed by atoms with Gasteiger partial charge in [-0.3, -0.25) is 4.98 Å². The highest BCUT2D eigenvalue weighted by atomic mass is 32.2. The molecule has 1 aromatic heterocycles. The molecule has 1 aromatic rings. The van der Waals surface area contributed by atoms with Crippen molar-refractivity contribution in [3.63, 3.8) is 0 Å². The van der Waals surface area contributed by atoms with Crippen LogP contribution in [0.15, 0.2) is 24.5 Å². The monoisotopic (exact) mass is 209 g/mol. The summed E-state index contributed by atoms with van der Waals surface area (Å²) in [5, 5.41) is 0. The average molecular weight is 209 g/mol. The number of anilines is 1. The number of pyridine rings is 1. The van der Waals surface area contributed by atoms with Crippen molar-refractivity contribution in [2.45, 2.75) is 0 Å². The van der Waals surface area contributed by atoms with Gasteiger partial charge in [-0.15, -0.1) is 0 Å². The summed E-state index contributed by atoms with van der Waals surface area (Å²) >= 11 is 1.84. The molecule has 2 rings (SSSR count). The average Bonchev–Trinajstić information content (AvgIpc) is 2.30. The fraction of sp³-hybridized carbons (Fsp3) is 0.500. The van der Waals surface area contributed by atoms with Gasteiger partial charge in [-0.2, -0.15) is 0 Å². The van der Waals surface area contributed by atoms with E-state index in [9.17, 15) is 0 Å². The molecular weight excluding hydrogens is 194 g/mol. The topological polar surface area (TPSA) is 19.4 Å². The smallest absolute Gasteiger partial charge is 0.0397 e. The Labute approximate surface area is 89.2 Å². The Bertz CT molecular complexity index is 270. The molecule has 76 valence electrons. The van der Waals surface area contributed by atoms with E-state index in [1.54, 1.807) is 0 Å². The van der Waals surface area contributed by atoms with E-state index in [1.807, 2.05) is 24.3 Å². The molecule has 14 heavy (non-hydrogen) atoms. The largest absolute Gasteiger partial charge is 0.369 e. The van der Waals surface area contributed by atoms with Crippen molar-refractivity contribution >= 4 is 17.6 Å². The zero-order valence-electron chi connectivity index (χ0n) is 8.39. The normalized spacial score (nSPS) is 18.5. The van der Waals surface area contributed by atoms with E-state index < -0.39 is 0 Å². The number of aromatic nitrogens is 1. The van der Waals surface area contributed by atoms with E-state index in [0.29, 0.717) is 0 Å². The molecule has 4 heteroatoms. The third kappa shape index (κ3) is 2.19. The maximum atomic E-state index is 4.03. The first-order valence-electron chi connectivity index (χ1n) is 4.84. The zero-order valence-corrected chi connectivity index (χ0v) is 9.20. The molecule has 1 aliphatic rings. The van der Waals surface area contributed by atoms with E-state index in [1.165, 1.54) is 5.69 Å². The summed E-state index contributed by atoms with van der Waals surface area (Å²) in [5.41, 5.74) is 1.29. The van der Waals surface area contributed by atoms with Gasteiger partial charge in [-0.1, -0.05) is 11.9 Å². The van der Waals surface area contributed by atoms with Crippen LogP contribution in [0.4, 0.5) is 5.69 Å². The van der Waals surface area contributed by atoms with Crippen molar-refractivity contribution < 1.29 is 0 Å². The lowest BCUT2D eigenvalue weighted by atomic mass is 10.3. The third-order valence-corrected chi connectivity index (χ3v) is 3.41. The highest BCUT2D eigenvalue weighted by molar-refractivity contribution is 7.96. The minimum Gasteiger partial charge on any atom is -0.369 e. The lowest BCUT2D eigenvalue weighted by molar-refractivity contribution is 0.431. The van der Waals surface area contributed by atoms with Gasteiger partial charge in [0.15, 0.2) is 0 Å². The molecule has 0 saturated carbocycles. The molecule has 1 saturated heterocycles. The first kappa shape index (κ1) is 9.80. The Morgan fingerprint density at radius 2 is 1.79 bits per heavy atom. The van der Waals surface area contributed by atoms with Gasteiger partial charge in [-0.05, 0) is 18.4 Å². The van der Waals surface area contributed by atoms with Crippen LogP contribution in [0.2, 0.25) is 0 Å². The molecule has 1 fully saturated rings. The van der Waals surface area contributed by atoms with E-state index in [-0.39, 0.29) is 0 Å². The molecule has 0 amide bonds. The molecule has 0 aromatic carbocycles. The van der Waals surface area contributed by atoms with Crippen LogP contribution >= 0.6 is 11.9 Å². The van der Waals surface area contributed by atoms with Crippen LogP contribution in [0.1, 0.15) is 0 Å². The van der Waals surface area contributed by atoms with Crippen molar-refractivity contribution in [1.82, 2.24) is 9.29 Å². The number of piperazine rings is 1. The molecule has 0 spiro atoms. The second-order valence-corrected chi connectivity index (χ2v) is 4.19. The first-order chi connectivity index (χ1) is 6.90. The van der Waals surface area contributed by atoms with Crippen LogP contribution in [0.3, 0.4) is 0 Å². The lowest BCUT2D eigenvalue weighted by Gasteiger charge is -2.34. The van der Waals surface area contributed by atoms with E-state index in [4.69, 9.17) is 0 Å². The number of hydrogen-bond donors (Lipinski definition) is 0. The first-order valence-corrected chi connectivity index (χ1v) is 6.02. The molecule has 0 radical (unpaired) electrons. The molecule has 0 unspecified atom stereocenters. The quantitative estimate of drug-likeness (QED) is 0.687. The molecule has 0 aliphatic carbocycles. The highest BCUT2D eigenvalue weighted by Crippen LogP contribution is 2.17. The van der Waals surface area contributed by atoms with E-state index in [0.717, 1.165) is 26.2 Å². The van der Waals surface area contributed by atoms with Gasteiger partial charge in [0, 0.05) is 44.3 Å². The Balaban J connectivity index is 1.96. The van der Waals surface area contributed by atoms with Gasteiger partial charge >= 0.3 is 0 Å². The Morgan fingerprint density at radius 3 is 2.36 bits per heavy atom. The molecule has 0 N–H and O–H groups in total. The predicted octanol–water partition coefficient (Wildman–Crippen LogP) is 1.48. The van der Waals surface area contributed by atoms with Crippen molar-refractivity contribution in [3.05, 3.63) is 24.5 Å². The van der Waals surface area contributed by atoms with Gasteiger partial charge in [0.05, 0.1) is 0 Å². The van der Waals surface area contributed by atoms with Gasteiger partial charge in [0.25, 0.3) is 0 Å². The fourth-order valence-electron chi connectivity index (χ4n) is 1.68.